The summed E-state index contributed by atoms with van der Waals surface area (Å²) in [6.45, 7) is 8.09. The molecule has 0 aromatic rings. The highest BCUT2D eigenvalue weighted by atomic mass is 16.4. The van der Waals surface area contributed by atoms with Crippen molar-refractivity contribution < 1.29 is 19.8 Å². The van der Waals surface area contributed by atoms with Gasteiger partial charge in [0.05, 0.1) is 0 Å². The molecule has 0 spiro atoms. The summed E-state index contributed by atoms with van der Waals surface area (Å²) >= 11 is 0. The van der Waals surface area contributed by atoms with E-state index in [1.165, 1.54) is 29.4 Å². The predicted octanol–water partition coefficient (Wildman–Crippen LogP) is 2.74. The van der Waals surface area contributed by atoms with Crippen molar-refractivity contribution in [2.24, 2.45) is 17.3 Å². The first kappa shape index (κ1) is 19.2. The van der Waals surface area contributed by atoms with Gasteiger partial charge >= 0.3 is 5.97 Å². The van der Waals surface area contributed by atoms with Crippen LogP contribution in [0.15, 0.2) is 35.6 Å². The van der Waals surface area contributed by atoms with Crippen LogP contribution in [0.25, 0.3) is 0 Å². The smallest absolute Gasteiger partial charge is 0.323 e. The Morgan fingerprint density at radius 3 is 2.75 bits per heavy atom. The van der Waals surface area contributed by atoms with E-state index in [4.69, 9.17) is 0 Å². The van der Waals surface area contributed by atoms with Crippen LogP contribution in [-0.2, 0) is 9.59 Å². The molecule has 4 rings (SSSR count). The molecule has 2 bridgehead atoms. The monoisotopic (exact) mass is 386 g/mol. The van der Waals surface area contributed by atoms with Crippen LogP contribution in [0, 0.1) is 17.3 Å². The topological polar surface area (TPSA) is 81.1 Å². The van der Waals surface area contributed by atoms with Crippen LogP contribution >= 0.6 is 0 Å². The van der Waals surface area contributed by atoms with Crippen molar-refractivity contribution in [1.29, 1.82) is 0 Å². The normalized spacial score (nSPS) is 33.7. The number of hydrogen-bond acceptors (Lipinski definition) is 4. The summed E-state index contributed by atoms with van der Waals surface area (Å²) in [7, 11) is 0. The Labute approximate surface area is 166 Å². The molecule has 6 nitrogen and oxygen atoms in total. The standard InChI is InChI=1S/C22H30N2O4/c1-3-16(25)9-17-14(2)8-19-18-12-24(13-21(27)28)20(26)10-22(17,18)6-7-23(19)11-15-4-5-15/h3,9,15,18-19,25H,1,4-8,10-13H2,2H3,(H,27,28)/b16-9+/t18-,19+,22+/m0/s1. The Hall–Kier alpha value is -2.08. The first-order valence-corrected chi connectivity index (χ1v) is 10.3. The molecule has 1 saturated carbocycles. The van der Waals surface area contributed by atoms with Crippen molar-refractivity contribution in [3.8, 4) is 0 Å². The maximum atomic E-state index is 12.9. The van der Waals surface area contributed by atoms with E-state index in [2.05, 4.69) is 18.4 Å². The van der Waals surface area contributed by atoms with Crippen molar-refractivity contribution in [3.63, 3.8) is 0 Å². The van der Waals surface area contributed by atoms with Gasteiger partial charge in [0.15, 0.2) is 0 Å². The molecule has 3 atom stereocenters. The third kappa shape index (κ3) is 3.28. The second-order valence-electron chi connectivity index (χ2n) is 9.03. The molecular weight excluding hydrogens is 356 g/mol. The minimum atomic E-state index is -0.962. The van der Waals surface area contributed by atoms with E-state index in [9.17, 15) is 19.8 Å². The molecule has 2 aliphatic heterocycles. The average Bonchev–Trinajstić information content (AvgIpc) is 3.45. The SMILES string of the molecule is C=C/C(O)=C\C1=C(C)C[C@@H]2[C@@H]3CN(CC(=O)O)C(=O)C[C@]13CCN2CC1CC1. The number of carbonyl (C=O) groups excluding carboxylic acids is 1. The lowest BCUT2D eigenvalue weighted by molar-refractivity contribution is -0.155. The zero-order chi connectivity index (χ0) is 20.1. The van der Waals surface area contributed by atoms with Crippen molar-refractivity contribution >= 4 is 11.9 Å². The molecule has 152 valence electrons. The fourth-order valence-corrected chi connectivity index (χ4v) is 5.75. The maximum Gasteiger partial charge on any atom is 0.323 e. The lowest BCUT2D eigenvalue weighted by Crippen LogP contribution is -2.64. The van der Waals surface area contributed by atoms with Gasteiger partial charge in [0, 0.05) is 36.9 Å². The second-order valence-corrected chi connectivity index (χ2v) is 9.03. The van der Waals surface area contributed by atoms with E-state index in [0.717, 1.165) is 37.4 Å². The number of carboxylic acids is 1. The van der Waals surface area contributed by atoms with Crippen molar-refractivity contribution in [2.45, 2.75) is 45.1 Å². The number of carbonyl (C=O) groups is 2. The first-order chi connectivity index (χ1) is 13.3. The van der Waals surface area contributed by atoms with Crippen LogP contribution in [-0.4, -0.2) is 64.1 Å². The molecule has 0 radical (unpaired) electrons. The van der Waals surface area contributed by atoms with Gasteiger partial charge in [-0.15, -0.1) is 0 Å². The Bertz CT molecular complexity index is 766. The molecule has 6 heteroatoms. The fraction of sp³-hybridized carbons (Fsp3) is 0.636. The minimum absolute atomic E-state index is 0.0910. The number of allylic oxidation sites excluding steroid dienone is 3. The molecule has 2 saturated heterocycles. The third-order valence-corrected chi connectivity index (χ3v) is 7.25. The molecule has 1 amide bonds. The van der Waals surface area contributed by atoms with Crippen LogP contribution in [0.5, 0.6) is 0 Å². The molecule has 0 unspecified atom stereocenters. The van der Waals surface area contributed by atoms with Gasteiger partial charge in [-0.3, -0.25) is 14.5 Å². The number of likely N-dealkylation sites (tertiary alicyclic amines) is 2. The van der Waals surface area contributed by atoms with Crippen molar-refractivity contribution in [3.05, 3.63) is 35.6 Å². The zero-order valence-corrected chi connectivity index (χ0v) is 16.6. The molecule has 2 N–H and O–H groups in total. The van der Waals surface area contributed by atoms with Crippen LogP contribution < -0.4 is 0 Å². The molecular formula is C22H30N2O4. The van der Waals surface area contributed by atoms with Gasteiger partial charge in [-0.05, 0) is 62.8 Å². The number of aliphatic hydroxyl groups excluding tert-OH is 1. The summed E-state index contributed by atoms with van der Waals surface area (Å²) in [5, 5.41) is 19.4. The number of piperidine rings is 2. The van der Waals surface area contributed by atoms with Crippen LogP contribution in [0.4, 0.5) is 0 Å². The Balaban J connectivity index is 1.73. The molecule has 0 aromatic heterocycles. The summed E-state index contributed by atoms with van der Waals surface area (Å²) in [5.74, 6) is 0.0672. The van der Waals surface area contributed by atoms with Gasteiger partial charge in [-0.1, -0.05) is 12.2 Å². The Morgan fingerprint density at radius 2 is 2.11 bits per heavy atom. The first-order valence-electron chi connectivity index (χ1n) is 10.3. The summed E-state index contributed by atoms with van der Waals surface area (Å²) < 4.78 is 0. The predicted molar refractivity (Wildman–Crippen MR) is 106 cm³/mol. The lowest BCUT2D eigenvalue weighted by Gasteiger charge is -2.60. The second kappa shape index (κ2) is 7.07. The van der Waals surface area contributed by atoms with Crippen molar-refractivity contribution in [2.75, 3.05) is 26.2 Å². The molecule has 2 heterocycles. The van der Waals surface area contributed by atoms with E-state index in [1.54, 1.807) is 6.08 Å². The van der Waals surface area contributed by atoms with E-state index in [1.807, 2.05) is 0 Å². The van der Waals surface area contributed by atoms with Gasteiger partial charge in [0.25, 0.3) is 0 Å². The number of aliphatic carboxylic acids is 1. The van der Waals surface area contributed by atoms with Gasteiger partial charge < -0.3 is 15.1 Å². The zero-order valence-electron chi connectivity index (χ0n) is 16.6. The number of hydrogen-bond donors (Lipinski definition) is 2. The van der Waals surface area contributed by atoms with Gasteiger partial charge in [-0.25, -0.2) is 0 Å². The summed E-state index contributed by atoms with van der Waals surface area (Å²) in [6, 6.07) is 0.335. The van der Waals surface area contributed by atoms with E-state index < -0.39 is 5.97 Å². The quantitative estimate of drug-likeness (QED) is 0.542. The number of rotatable bonds is 6. The number of nitrogens with zero attached hydrogens (tertiary/aromatic N) is 2. The van der Waals surface area contributed by atoms with Crippen LogP contribution in [0.1, 0.15) is 39.0 Å². The van der Waals surface area contributed by atoms with Crippen LogP contribution in [0.2, 0.25) is 0 Å². The minimum Gasteiger partial charge on any atom is -0.508 e. The number of amides is 1. The molecule has 2 aliphatic carbocycles. The molecule has 0 aromatic carbocycles. The van der Waals surface area contributed by atoms with Crippen LogP contribution in [0.3, 0.4) is 0 Å². The highest BCUT2D eigenvalue weighted by Gasteiger charge is 2.57. The van der Waals surface area contributed by atoms with Gasteiger partial charge in [-0.2, -0.15) is 0 Å². The Kier molecular flexibility index (Phi) is 4.86. The third-order valence-electron chi connectivity index (χ3n) is 7.25. The van der Waals surface area contributed by atoms with Gasteiger partial charge in [0.1, 0.15) is 12.3 Å². The Morgan fingerprint density at radius 1 is 1.36 bits per heavy atom. The lowest BCUT2D eigenvalue weighted by atomic mass is 9.54. The van der Waals surface area contributed by atoms with Gasteiger partial charge in [0.2, 0.25) is 5.91 Å². The summed E-state index contributed by atoms with van der Waals surface area (Å²) in [5.41, 5.74) is 1.99. The molecule has 4 aliphatic rings. The molecule has 28 heavy (non-hydrogen) atoms. The fourth-order valence-electron chi connectivity index (χ4n) is 5.75. The number of carboxylic acid groups (broad SMARTS) is 1. The average molecular weight is 386 g/mol. The number of aliphatic hydroxyl groups is 1. The van der Waals surface area contributed by atoms with E-state index in [-0.39, 0.29) is 29.5 Å². The highest BCUT2D eigenvalue weighted by molar-refractivity contribution is 5.83. The summed E-state index contributed by atoms with van der Waals surface area (Å²) in [4.78, 5) is 28.3. The van der Waals surface area contributed by atoms with E-state index in [0.29, 0.717) is 19.0 Å². The highest BCUT2D eigenvalue weighted by Crippen LogP contribution is 2.57. The summed E-state index contributed by atoms with van der Waals surface area (Å²) in [6.07, 6.45) is 7.94. The maximum absolute atomic E-state index is 12.9. The van der Waals surface area contributed by atoms with E-state index >= 15 is 0 Å². The largest absolute Gasteiger partial charge is 0.508 e. The van der Waals surface area contributed by atoms with Crippen molar-refractivity contribution in [1.82, 2.24) is 9.80 Å². The molecule has 3 fully saturated rings.